The number of aryl methyl sites for hydroxylation is 3. The van der Waals surface area contributed by atoms with Crippen LogP contribution in [-0.4, -0.2) is 46.4 Å². The van der Waals surface area contributed by atoms with Gasteiger partial charge >= 0.3 is 6.09 Å². The number of hydrogen-bond acceptors (Lipinski definition) is 5. The third-order valence-electron chi connectivity index (χ3n) is 7.54. The smallest absolute Gasteiger partial charge is 0.408 e. The summed E-state index contributed by atoms with van der Waals surface area (Å²) in [4.78, 5) is 54.8. The number of rotatable bonds is 10. The van der Waals surface area contributed by atoms with E-state index in [4.69, 9.17) is 10.5 Å². The summed E-state index contributed by atoms with van der Waals surface area (Å²) in [7, 11) is 0. The molecule has 41 heavy (non-hydrogen) atoms. The van der Waals surface area contributed by atoms with Crippen molar-refractivity contribution in [2.75, 3.05) is 5.32 Å². The van der Waals surface area contributed by atoms with Gasteiger partial charge in [0.25, 0.3) is 5.91 Å². The lowest BCUT2D eigenvalue weighted by atomic mass is 9.94. The van der Waals surface area contributed by atoms with Crippen LogP contribution in [0.25, 0.3) is 0 Å². The molecule has 222 valence electrons. The molecule has 0 radical (unpaired) electrons. The molecule has 1 aliphatic carbocycles. The molecular formula is C32H44N4O5. The Morgan fingerprint density at radius 2 is 1.56 bits per heavy atom. The topological polar surface area (TPSA) is 131 Å². The molecule has 2 aromatic carbocycles. The molecule has 1 aliphatic rings. The fourth-order valence-electron chi connectivity index (χ4n) is 5.04. The van der Waals surface area contributed by atoms with E-state index >= 15 is 0 Å². The Bertz CT molecular complexity index is 1300. The first kappa shape index (κ1) is 31.6. The second-order valence-electron chi connectivity index (χ2n) is 12.2. The van der Waals surface area contributed by atoms with Crippen LogP contribution in [0, 0.1) is 33.6 Å². The van der Waals surface area contributed by atoms with Gasteiger partial charge in [-0.1, -0.05) is 43.3 Å². The zero-order chi connectivity index (χ0) is 30.6. The quantitative estimate of drug-likeness (QED) is 0.374. The third-order valence-corrected chi connectivity index (χ3v) is 7.54. The summed E-state index contributed by atoms with van der Waals surface area (Å²) in [6, 6.07) is 9.15. The maximum absolute atomic E-state index is 14.4. The van der Waals surface area contributed by atoms with E-state index in [2.05, 4.69) is 10.6 Å². The van der Waals surface area contributed by atoms with E-state index in [-0.39, 0.29) is 30.7 Å². The van der Waals surface area contributed by atoms with Crippen LogP contribution in [0.2, 0.25) is 0 Å². The molecule has 3 rings (SSSR count). The Morgan fingerprint density at radius 3 is 2.10 bits per heavy atom. The number of benzene rings is 2. The van der Waals surface area contributed by atoms with Crippen molar-refractivity contribution < 1.29 is 23.9 Å². The van der Waals surface area contributed by atoms with Gasteiger partial charge in [-0.05, 0) is 95.0 Å². The first-order valence-corrected chi connectivity index (χ1v) is 14.1. The molecule has 1 saturated carbocycles. The Kier molecular flexibility index (Phi) is 9.84. The van der Waals surface area contributed by atoms with E-state index < -0.39 is 35.6 Å². The Labute approximate surface area is 243 Å². The predicted octanol–water partition coefficient (Wildman–Crippen LogP) is 5.00. The third kappa shape index (κ3) is 8.08. The minimum absolute atomic E-state index is 0.0248. The fraction of sp³-hybridized carbons (Fsp3) is 0.500. The lowest BCUT2D eigenvalue weighted by Gasteiger charge is -2.36. The van der Waals surface area contributed by atoms with Crippen molar-refractivity contribution in [3.05, 3.63) is 64.2 Å². The van der Waals surface area contributed by atoms with E-state index in [1.165, 1.54) is 0 Å². The summed E-state index contributed by atoms with van der Waals surface area (Å²) >= 11 is 0. The zero-order valence-electron chi connectivity index (χ0n) is 25.5. The van der Waals surface area contributed by atoms with Crippen molar-refractivity contribution in [2.45, 2.75) is 98.4 Å². The number of nitrogens with one attached hydrogen (secondary N) is 2. The van der Waals surface area contributed by atoms with Gasteiger partial charge in [-0.2, -0.15) is 0 Å². The van der Waals surface area contributed by atoms with Gasteiger partial charge in [-0.3, -0.25) is 14.4 Å². The van der Waals surface area contributed by atoms with Gasteiger partial charge in [0.2, 0.25) is 11.8 Å². The highest BCUT2D eigenvalue weighted by Crippen LogP contribution is 2.42. The largest absolute Gasteiger partial charge is 0.444 e. The Hall–Kier alpha value is -3.88. The highest BCUT2D eigenvalue weighted by atomic mass is 16.6. The molecule has 0 aliphatic heterocycles. The van der Waals surface area contributed by atoms with Gasteiger partial charge in [0.15, 0.2) is 0 Å². The molecule has 4 atom stereocenters. The molecular weight excluding hydrogens is 520 g/mol. The van der Waals surface area contributed by atoms with Crippen molar-refractivity contribution >= 4 is 29.5 Å². The zero-order valence-corrected chi connectivity index (χ0v) is 25.5. The first-order chi connectivity index (χ1) is 19.1. The maximum atomic E-state index is 14.4. The number of anilines is 1. The molecule has 0 heterocycles. The summed E-state index contributed by atoms with van der Waals surface area (Å²) < 4.78 is 5.42. The number of hydrogen-bond donors (Lipinski definition) is 3. The lowest BCUT2D eigenvalue weighted by molar-refractivity contribution is -0.142. The van der Waals surface area contributed by atoms with E-state index in [0.717, 1.165) is 22.3 Å². The van der Waals surface area contributed by atoms with E-state index in [0.29, 0.717) is 17.7 Å². The number of ether oxygens (including phenoxy) is 1. The van der Waals surface area contributed by atoms with Gasteiger partial charge in [-0.25, -0.2) is 4.79 Å². The van der Waals surface area contributed by atoms with Gasteiger partial charge in [0, 0.05) is 18.2 Å². The lowest BCUT2D eigenvalue weighted by Crippen LogP contribution is -2.53. The number of alkyl carbamates (subject to hydrolysis) is 1. The minimum atomic E-state index is -1.12. The molecule has 9 heteroatoms. The molecule has 0 saturated heterocycles. The average Bonchev–Trinajstić information content (AvgIpc) is 3.58. The summed E-state index contributed by atoms with van der Waals surface area (Å²) in [6.45, 7) is 14.9. The SMILES string of the molecule is Cc1cccc(C(C(=O)Nc2c(C)cccc2C)N(C(=O)C(CCC(N)=O)NC(=O)OC(C)(C)C)C2CC2C)c1C. The van der Waals surface area contributed by atoms with E-state index in [1.807, 2.05) is 71.0 Å². The van der Waals surface area contributed by atoms with Crippen LogP contribution >= 0.6 is 0 Å². The molecule has 0 aromatic heterocycles. The second kappa shape index (κ2) is 12.7. The molecule has 1 fully saturated rings. The number of amides is 4. The summed E-state index contributed by atoms with van der Waals surface area (Å²) in [5.74, 6) is -1.26. The number of primary amides is 1. The molecule has 4 amide bonds. The van der Waals surface area contributed by atoms with Crippen LogP contribution in [0.5, 0.6) is 0 Å². The van der Waals surface area contributed by atoms with Crippen molar-refractivity contribution in [1.82, 2.24) is 10.2 Å². The molecule has 4 unspecified atom stereocenters. The highest BCUT2D eigenvalue weighted by Gasteiger charge is 2.48. The van der Waals surface area contributed by atoms with Crippen molar-refractivity contribution in [2.24, 2.45) is 11.7 Å². The minimum Gasteiger partial charge on any atom is -0.444 e. The van der Waals surface area contributed by atoms with Crippen LogP contribution in [0.1, 0.15) is 80.8 Å². The Morgan fingerprint density at radius 1 is 1.00 bits per heavy atom. The standard InChI is InChI=1S/C32H44N4O5/c1-18-11-10-14-23(22(18)5)28(29(38)35-27-19(2)12-9-13-20(27)3)36(25-17-21(25)4)30(39)24(15-16-26(33)37)34-31(40)41-32(6,7)8/h9-14,21,24-25,28H,15-17H2,1-8H3,(H2,33,37)(H,34,40)(H,35,38). The van der Waals surface area contributed by atoms with Crippen LogP contribution < -0.4 is 16.4 Å². The molecule has 9 nitrogen and oxygen atoms in total. The van der Waals surface area contributed by atoms with Crippen LogP contribution in [0.3, 0.4) is 0 Å². The van der Waals surface area contributed by atoms with Crippen molar-refractivity contribution in [3.8, 4) is 0 Å². The first-order valence-electron chi connectivity index (χ1n) is 14.1. The van der Waals surface area contributed by atoms with Crippen LogP contribution in [0.15, 0.2) is 36.4 Å². The van der Waals surface area contributed by atoms with Gasteiger partial charge < -0.3 is 26.0 Å². The highest BCUT2D eigenvalue weighted by molar-refractivity contribution is 6.00. The predicted molar refractivity (Wildman–Crippen MR) is 159 cm³/mol. The van der Waals surface area contributed by atoms with Gasteiger partial charge in [0.05, 0.1) is 0 Å². The Balaban J connectivity index is 2.10. The summed E-state index contributed by atoms with van der Waals surface area (Å²) in [6.07, 6.45) is -0.224. The summed E-state index contributed by atoms with van der Waals surface area (Å²) in [5.41, 5.74) is 9.72. The molecule has 0 spiro atoms. The van der Waals surface area contributed by atoms with Crippen LogP contribution in [0.4, 0.5) is 10.5 Å². The van der Waals surface area contributed by atoms with Gasteiger partial charge in [-0.15, -0.1) is 0 Å². The number of nitrogens with zero attached hydrogens (tertiary/aromatic N) is 1. The molecule has 4 N–H and O–H groups in total. The number of nitrogens with two attached hydrogens (primary N) is 1. The molecule has 0 bridgehead atoms. The van der Waals surface area contributed by atoms with Crippen molar-refractivity contribution in [1.29, 1.82) is 0 Å². The number of para-hydroxylation sites is 1. The molecule has 2 aromatic rings. The monoisotopic (exact) mass is 564 g/mol. The van der Waals surface area contributed by atoms with E-state index in [1.54, 1.807) is 25.7 Å². The second-order valence-corrected chi connectivity index (χ2v) is 12.2. The normalized spacial score (nSPS) is 17.7. The number of carbonyl (C=O) groups is 4. The number of carbonyl (C=O) groups excluding carboxylic acids is 4. The van der Waals surface area contributed by atoms with Gasteiger partial charge in [0.1, 0.15) is 17.7 Å². The van der Waals surface area contributed by atoms with E-state index in [9.17, 15) is 19.2 Å². The summed E-state index contributed by atoms with van der Waals surface area (Å²) in [5, 5.41) is 5.75. The van der Waals surface area contributed by atoms with Crippen molar-refractivity contribution in [3.63, 3.8) is 0 Å². The van der Waals surface area contributed by atoms with Crippen LogP contribution in [-0.2, 0) is 19.1 Å². The fourth-order valence-corrected chi connectivity index (χ4v) is 5.04. The average molecular weight is 565 g/mol. The maximum Gasteiger partial charge on any atom is 0.408 e.